The topological polar surface area (TPSA) is 57.8 Å². The van der Waals surface area contributed by atoms with Crippen molar-refractivity contribution < 1.29 is 0 Å². The minimum absolute atomic E-state index is 0.200. The van der Waals surface area contributed by atoms with Crippen LogP contribution in [0.15, 0.2) is 45.7 Å². The fraction of sp³-hybridized carbons (Fsp3) is 0.0909. The second kappa shape index (κ2) is 4.94. The molecule has 0 spiro atoms. The second-order valence-corrected chi connectivity index (χ2v) is 4.20. The predicted molar refractivity (Wildman–Crippen MR) is 66.3 cm³/mol. The molecule has 0 radical (unpaired) electrons. The summed E-state index contributed by atoms with van der Waals surface area (Å²) >= 11 is 3.38. The zero-order chi connectivity index (χ0) is 11.4. The number of rotatable bonds is 3. The van der Waals surface area contributed by atoms with E-state index >= 15 is 0 Å². The van der Waals surface area contributed by atoms with Crippen molar-refractivity contribution in [1.29, 1.82) is 0 Å². The first-order chi connectivity index (χ1) is 7.74. The number of hydrogen-bond acceptors (Lipinski definition) is 3. The third-order valence-electron chi connectivity index (χ3n) is 2.07. The lowest BCUT2D eigenvalue weighted by Crippen LogP contribution is -2.09. The van der Waals surface area contributed by atoms with E-state index < -0.39 is 0 Å². The van der Waals surface area contributed by atoms with Crippen LogP contribution in [-0.2, 0) is 6.54 Å². The van der Waals surface area contributed by atoms with Crippen LogP contribution in [0.1, 0.15) is 5.56 Å². The second-order valence-electron chi connectivity index (χ2n) is 3.29. The largest absolute Gasteiger partial charge is 0.365 e. The van der Waals surface area contributed by atoms with Gasteiger partial charge in [0.2, 0.25) is 0 Å². The van der Waals surface area contributed by atoms with Crippen LogP contribution >= 0.6 is 15.9 Å². The number of nitrogens with one attached hydrogen (secondary N) is 2. The van der Waals surface area contributed by atoms with Gasteiger partial charge in [0.25, 0.3) is 5.56 Å². The molecule has 0 aliphatic rings. The van der Waals surface area contributed by atoms with E-state index in [1.807, 2.05) is 24.3 Å². The van der Waals surface area contributed by atoms with E-state index in [4.69, 9.17) is 0 Å². The third kappa shape index (κ3) is 2.93. The Bertz CT molecular complexity index is 501. The highest BCUT2D eigenvalue weighted by Crippen LogP contribution is 2.11. The Morgan fingerprint density at radius 1 is 1.19 bits per heavy atom. The SMILES string of the molecule is O=c1ccc(NCc2ccc(Br)cc2)n[nH]1. The van der Waals surface area contributed by atoms with E-state index in [-0.39, 0.29) is 5.56 Å². The van der Waals surface area contributed by atoms with Crippen molar-refractivity contribution in [2.75, 3.05) is 5.32 Å². The molecule has 5 heteroatoms. The van der Waals surface area contributed by atoms with Crippen molar-refractivity contribution in [2.45, 2.75) is 6.54 Å². The van der Waals surface area contributed by atoms with Gasteiger partial charge in [-0.05, 0) is 23.8 Å². The number of H-pyrrole nitrogens is 1. The fourth-order valence-electron chi connectivity index (χ4n) is 1.24. The summed E-state index contributed by atoms with van der Waals surface area (Å²) in [5.74, 6) is 0.655. The molecule has 0 saturated heterocycles. The maximum Gasteiger partial charge on any atom is 0.264 e. The highest BCUT2D eigenvalue weighted by molar-refractivity contribution is 9.10. The highest BCUT2D eigenvalue weighted by atomic mass is 79.9. The van der Waals surface area contributed by atoms with Crippen molar-refractivity contribution >= 4 is 21.7 Å². The predicted octanol–water partition coefficient (Wildman–Crippen LogP) is 2.14. The Balaban J connectivity index is 1.99. The first-order valence-corrected chi connectivity index (χ1v) is 5.57. The van der Waals surface area contributed by atoms with Crippen LogP contribution in [0, 0.1) is 0 Å². The molecule has 0 aliphatic carbocycles. The normalized spacial score (nSPS) is 10.1. The van der Waals surface area contributed by atoms with Gasteiger partial charge in [0, 0.05) is 17.1 Å². The summed E-state index contributed by atoms with van der Waals surface area (Å²) in [4.78, 5) is 10.8. The zero-order valence-electron chi connectivity index (χ0n) is 8.40. The molecule has 16 heavy (non-hydrogen) atoms. The summed E-state index contributed by atoms with van der Waals surface area (Å²) in [5.41, 5.74) is 0.949. The molecule has 2 N–H and O–H groups in total. The first-order valence-electron chi connectivity index (χ1n) is 4.78. The molecule has 0 saturated carbocycles. The van der Waals surface area contributed by atoms with Crippen molar-refractivity contribution in [2.24, 2.45) is 0 Å². The monoisotopic (exact) mass is 279 g/mol. The summed E-state index contributed by atoms with van der Waals surface area (Å²) in [6.45, 7) is 0.673. The van der Waals surface area contributed by atoms with E-state index in [9.17, 15) is 4.79 Å². The number of aromatic nitrogens is 2. The summed E-state index contributed by atoms with van der Waals surface area (Å²) in [6.07, 6.45) is 0. The lowest BCUT2D eigenvalue weighted by atomic mass is 10.2. The molecule has 0 unspecified atom stereocenters. The van der Waals surface area contributed by atoms with Crippen LogP contribution in [-0.4, -0.2) is 10.2 Å². The molecular weight excluding hydrogens is 270 g/mol. The zero-order valence-corrected chi connectivity index (χ0v) is 9.99. The molecule has 1 aromatic carbocycles. The number of halogens is 1. The van der Waals surface area contributed by atoms with Crippen LogP contribution in [0.5, 0.6) is 0 Å². The Morgan fingerprint density at radius 2 is 1.94 bits per heavy atom. The number of anilines is 1. The van der Waals surface area contributed by atoms with Gasteiger partial charge >= 0.3 is 0 Å². The Labute approximate surface area is 101 Å². The van der Waals surface area contributed by atoms with Gasteiger partial charge < -0.3 is 5.32 Å². The number of benzene rings is 1. The Hall–Kier alpha value is -1.62. The Morgan fingerprint density at radius 3 is 2.56 bits per heavy atom. The molecule has 0 amide bonds. The molecule has 1 aromatic heterocycles. The molecular formula is C11H10BrN3O. The van der Waals surface area contributed by atoms with Gasteiger partial charge in [0.05, 0.1) is 0 Å². The molecule has 4 nitrogen and oxygen atoms in total. The van der Waals surface area contributed by atoms with E-state index in [2.05, 4.69) is 31.4 Å². The van der Waals surface area contributed by atoms with E-state index in [0.717, 1.165) is 10.0 Å². The van der Waals surface area contributed by atoms with Crippen molar-refractivity contribution in [3.05, 3.63) is 56.8 Å². The summed E-state index contributed by atoms with van der Waals surface area (Å²) in [5, 5.41) is 9.33. The average molecular weight is 280 g/mol. The van der Waals surface area contributed by atoms with Crippen molar-refractivity contribution in [3.63, 3.8) is 0 Å². The van der Waals surface area contributed by atoms with Crippen LogP contribution < -0.4 is 10.9 Å². The van der Waals surface area contributed by atoms with Crippen LogP contribution in [0.4, 0.5) is 5.82 Å². The van der Waals surface area contributed by atoms with Crippen LogP contribution in [0.2, 0.25) is 0 Å². The van der Waals surface area contributed by atoms with E-state index in [1.165, 1.54) is 6.07 Å². The molecule has 82 valence electrons. The van der Waals surface area contributed by atoms with Gasteiger partial charge in [-0.2, -0.15) is 5.10 Å². The lowest BCUT2D eigenvalue weighted by molar-refractivity contribution is 0.969. The minimum atomic E-state index is -0.200. The summed E-state index contributed by atoms with van der Waals surface area (Å²) < 4.78 is 1.05. The molecule has 2 aromatic rings. The number of aromatic amines is 1. The standard InChI is InChI=1S/C11H10BrN3O/c12-9-3-1-8(2-4-9)7-13-10-5-6-11(16)15-14-10/h1-6H,7H2,(H,13,14)(H,15,16). The van der Waals surface area contributed by atoms with Crippen molar-refractivity contribution in [3.8, 4) is 0 Å². The Kier molecular flexibility index (Phi) is 3.36. The molecule has 1 heterocycles. The van der Waals surface area contributed by atoms with E-state index in [1.54, 1.807) is 6.07 Å². The number of nitrogens with zero attached hydrogens (tertiary/aromatic N) is 1. The van der Waals surface area contributed by atoms with Gasteiger partial charge in [-0.1, -0.05) is 28.1 Å². The minimum Gasteiger partial charge on any atom is -0.365 e. The molecule has 0 bridgehead atoms. The molecule has 0 aliphatic heterocycles. The van der Waals surface area contributed by atoms with Gasteiger partial charge in [-0.15, -0.1) is 0 Å². The van der Waals surface area contributed by atoms with E-state index in [0.29, 0.717) is 12.4 Å². The smallest absolute Gasteiger partial charge is 0.264 e. The summed E-state index contributed by atoms with van der Waals surface area (Å²) in [7, 11) is 0. The van der Waals surface area contributed by atoms with Gasteiger partial charge in [0.15, 0.2) is 0 Å². The number of hydrogen-bond donors (Lipinski definition) is 2. The maximum absolute atomic E-state index is 10.8. The highest BCUT2D eigenvalue weighted by Gasteiger charge is 1.95. The molecule has 0 atom stereocenters. The van der Waals surface area contributed by atoms with Gasteiger partial charge in [-0.3, -0.25) is 4.79 Å². The summed E-state index contributed by atoms with van der Waals surface area (Å²) in [6, 6.07) is 11.1. The van der Waals surface area contributed by atoms with Gasteiger partial charge in [-0.25, -0.2) is 5.10 Å². The molecule has 0 fully saturated rings. The van der Waals surface area contributed by atoms with Crippen molar-refractivity contribution in [1.82, 2.24) is 10.2 Å². The quantitative estimate of drug-likeness (QED) is 0.905. The maximum atomic E-state index is 10.8. The lowest BCUT2D eigenvalue weighted by Gasteiger charge is -2.04. The van der Waals surface area contributed by atoms with Crippen LogP contribution in [0.3, 0.4) is 0 Å². The third-order valence-corrected chi connectivity index (χ3v) is 2.59. The first kappa shape index (κ1) is 10.9. The van der Waals surface area contributed by atoms with Gasteiger partial charge in [0.1, 0.15) is 5.82 Å². The van der Waals surface area contributed by atoms with Crippen LogP contribution in [0.25, 0.3) is 0 Å². The molecule has 2 rings (SSSR count). The average Bonchev–Trinajstić information content (AvgIpc) is 2.30. The fourth-order valence-corrected chi connectivity index (χ4v) is 1.50.